The number of halogens is 1. The number of likely N-dealkylation sites (tertiary alicyclic amines) is 1. The van der Waals surface area contributed by atoms with Gasteiger partial charge in [0.05, 0.1) is 41.3 Å². The summed E-state index contributed by atoms with van der Waals surface area (Å²) in [5, 5.41) is 0. The van der Waals surface area contributed by atoms with Crippen LogP contribution in [0.4, 0.5) is 10.2 Å². The average molecular weight is 418 g/mol. The number of hydrogen-bond donors (Lipinski definition) is 0. The Morgan fingerprint density at radius 3 is 2.61 bits per heavy atom. The summed E-state index contributed by atoms with van der Waals surface area (Å²) in [5.41, 5.74) is 1.32. The highest BCUT2D eigenvalue weighted by atomic mass is 19.1. The van der Waals surface area contributed by atoms with Crippen LogP contribution in [0.1, 0.15) is 28.9 Å². The number of amides is 1. The van der Waals surface area contributed by atoms with Crippen molar-refractivity contribution in [1.29, 1.82) is 0 Å². The van der Waals surface area contributed by atoms with E-state index in [-0.39, 0.29) is 29.4 Å². The second-order valence-corrected chi connectivity index (χ2v) is 8.29. The van der Waals surface area contributed by atoms with Crippen molar-refractivity contribution >= 4 is 11.7 Å². The Hall–Kier alpha value is -3.42. The van der Waals surface area contributed by atoms with E-state index in [2.05, 4.69) is 24.8 Å². The summed E-state index contributed by atoms with van der Waals surface area (Å²) in [6.45, 7) is 2.58. The van der Waals surface area contributed by atoms with Crippen LogP contribution in [0, 0.1) is 18.7 Å². The molecule has 3 unspecified atom stereocenters. The van der Waals surface area contributed by atoms with Crippen molar-refractivity contribution in [3.63, 3.8) is 0 Å². The molecule has 0 radical (unpaired) electrons. The molecule has 2 bridgehead atoms. The van der Waals surface area contributed by atoms with Gasteiger partial charge in [0.1, 0.15) is 11.6 Å². The highest BCUT2D eigenvalue weighted by molar-refractivity contribution is 6.00. The fraction of sp³-hybridized carbons (Fsp3) is 0.348. The Labute approximate surface area is 180 Å². The minimum atomic E-state index is -0.495. The van der Waals surface area contributed by atoms with Gasteiger partial charge in [0.2, 0.25) is 0 Å². The Bertz CT molecular complexity index is 1110. The lowest BCUT2D eigenvalue weighted by atomic mass is 10.0. The molecule has 31 heavy (non-hydrogen) atoms. The summed E-state index contributed by atoms with van der Waals surface area (Å²) in [5.74, 6) is 0.758. The molecule has 7 nitrogen and oxygen atoms in total. The molecule has 1 aromatic carbocycles. The molecule has 3 heterocycles. The van der Waals surface area contributed by atoms with Gasteiger partial charge in [-0.3, -0.25) is 9.78 Å². The molecule has 3 aromatic rings. The zero-order valence-electron chi connectivity index (χ0n) is 17.4. The van der Waals surface area contributed by atoms with Gasteiger partial charge in [0, 0.05) is 26.0 Å². The normalized spacial score (nSPS) is 22.0. The zero-order chi connectivity index (χ0) is 21.5. The lowest BCUT2D eigenvalue weighted by Gasteiger charge is -2.38. The van der Waals surface area contributed by atoms with E-state index in [0.29, 0.717) is 18.0 Å². The van der Waals surface area contributed by atoms with Crippen LogP contribution in [0.5, 0.6) is 0 Å². The standard InChI is InChI=1S/C23H23FN6O/c1-14-11-28-20(12-27-14)29(2)18-9-15-10-19(18)30(13-15)23(31)16-5-3-6-17(24)21(16)22-25-7-4-8-26-22/h3-8,11-12,15,18-19H,9-10,13H2,1-2H3. The smallest absolute Gasteiger partial charge is 0.255 e. The molecular formula is C23H23FN6O. The number of piperidine rings is 1. The highest BCUT2D eigenvalue weighted by Crippen LogP contribution is 2.42. The van der Waals surface area contributed by atoms with Crippen LogP contribution in [0.3, 0.4) is 0 Å². The van der Waals surface area contributed by atoms with Crippen LogP contribution in [-0.4, -0.2) is 56.4 Å². The molecule has 8 heteroatoms. The van der Waals surface area contributed by atoms with Gasteiger partial charge in [-0.15, -0.1) is 0 Å². The summed E-state index contributed by atoms with van der Waals surface area (Å²) in [6, 6.07) is 6.41. The molecule has 2 aliphatic rings. The maximum atomic E-state index is 14.8. The van der Waals surface area contributed by atoms with Gasteiger partial charge in [0.25, 0.3) is 5.91 Å². The third kappa shape index (κ3) is 3.41. The van der Waals surface area contributed by atoms with Crippen LogP contribution in [0.2, 0.25) is 0 Å². The first-order valence-corrected chi connectivity index (χ1v) is 10.4. The fourth-order valence-electron chi connectivity index (χ4n) is 4.89. The summed E-state index contributed by atoms with van der Waals surface area (Å²) in [4.78, 5) is 34.8. The second kappa shape index (κ2) is 7.68. The SMILES string of the molecule is Cc1cnc(N(C)C2CC3CC2N(C(=O)c2cccc(F)c2-c2ncccn2)C3)cn1. The molecule has 0 spiro atoms. The molecule has 0 N–H and O–H groups in total. The van der Waals surface area contributed by atoms with Gasteiger partial charge < -0.3 is 9.80 Å². The first-order chi connectivity index (χ1) is 15.0. The minimum absolute atomic E-state index is 0.0402. The van der Waals surface area contributed by atoms with Crippen molar-refractivity contribution < 1.29 is 9.18 Å². The van der Waals surface area contributed by atoms with Crippen LogP contribution in [-0.2, 0) is 0 Å². The predicted molar refractivity (Wildman–Crippen MR) is 114 cm³/mol. The van der Waals surface area contributed by atoms with Crippen molar-refractivity contribution in [1.82, 2.24) is 24.8 Å². The topological polar surface area (TPSA) is 75.1 Å². The Kier molecular flexibility index (Phi) is 4.84. The number of rotatable bonds is 4. The minimum Gasteiger partial charge on any atom is -0.353 e. The van der Waals surface area contributed by atoms with Crippen LogP contribution < -0.4 is 4.90 Å². The maximum absolute atomic E-state index is 14.8. The summed E-state index contributed by atoms with van der Waals surface area (Å²) < 4.78 is 14.8. The van der Waals surface area contributed by atoms with Gasteiger partial charge in [-0.2, -0.15) is 0 Å². The fourth-order valence-corrected chi connectivity index (χ4v) is 4.89. The number of aromatic nitrogens is 4. The Balaban J connectivity index is 1.45. The number of aryl methyl sites for hydroxylation is 1. The van der Waals surface area contributed by atoms with E-state index in [4.69, 9.17) is 0 Å². The number of nitrogens with zero attached hydrogens (tertiary/aromatic N) is 6. The average Bonchev–Trinajstić information content (AvgIpc) is 3.40. The monoisotopic (exact) mass is 418 g/mol. The summed E-state index contributed by atoms with van der Waals surface area (Å²) >= 11 is 0. The van der Waals surface area contributed by atoms with Crippen molar-refractivity contribution in [2.45, 2.75) is 31.8 Å². The largest absolute Gasteiger partial charge is 0.353 e. The number of anilines is 1. The van der Waals surface area contributed by atoms with Crippen molar-refractivity contribution in [3.05, 3.63) is 66.1 Å². The lowest BCUT2D eigenvalue weighted by Crippen LogP contribution is -2.51. The molecule has 1 saturated heterocycles. The van der Waals surface area contributed by atoms with Gasteiger partial charge in [-0.05, 0) is 43.9 Å². The molecule has 158 valence electrons. The number of benzene rings is 1. The van der Waals surface area contributed by atoms with Crippen molar-refractivity contribution in [3.8, 4) is 11.4 Å². The van der Waals surface area contributed by atoms with E-state index < -0.39 is 5.82 Å². The Morgan fingerprint density at radius 2 is 1.90 bits per heavy atom. The highest BCUT2D eigenvalue weighted by Gasteiger charge is 2.49. The molecule has 1 aliphatic carbocycles. The molecule has 1 aliphatic heterocycles. The van der Waals surface area contributed by atoms with Crippen LogP contribution >= 0.6 is 0 Å². The van der Waals surface area contributed by atoms with Crippen molar-refractivity contribution in [2.75, 3.05) is 18.5 Å². The third-order valence-corrected chi connectivity index (χ3v) is 6.37. The Morgan fingerprint density at radius 1 is 1.10 bits per heavy atom. The van der Waals surface area contributed by atoms with Crippen LogP contribution in [0.25, 0.3) is 11.4 Å². The van der Waals surface area contributed by atoms with E-state index in [1.165, 1.54) is 6.07 Å². The molecular weight excluding hydrogens is 395 g/mol. The summed E-state index contributed by atoms with van der Waals surface area (Å²) in [6.07, 6.45) is 8.56. The predicted octanol–water partition coefficient (Wildman–Crippen LogP) is 3.12. The van der Waals surface area contributed by atoms with E-state index in [0.717, 1.165) is 24.4 Å². The molecule has 3 atom stereocenters. The van der Waals surface area contributed by atoms with E-state index in [1.807, 2.05) is 18.9 Å². The maximum Gasteiger partial charge on any atom is 0.255 e. The van der Waals surface area contributed by atoms with E-state index >= 15 is 0 Å². The number of fused-ring (bicyclic) bond motifs is 2. The second-order valence-electron chi connectivity index (χ2n) is 8.29. The first kappa shape index (κ1) is 19.5. The number of carbonyl (C=O) groups is 1. The van der Waals surface area contributed by atoms with Gasteiger partial charge >= 0.3 is 0 Å². The number of hydrogen-bond acceptors (Lipinski definition) is 6. The lowest BCUT2D eigenvalue weighted by molar-refractivity contribution is 0.0683. The van der Waals surface area contributed by atoms with Crippen LogP contribution in [0.15, 0.2) is 49.1 Å². The van der Waals surface area contributed by atoms with Gasteiger partial charge in [-0.1, -0.05) is 6.07 Å². The molecule has 2 fully saturated rings. The zero-order valence-corrected chi connectivity index (χ0v) is 17.4. The number of carbonyl (C=O) groups excluding carboxylic acids is 1. The van der Waals surface area contributed by atoms with Crippen molar-refractivity contribution in [2.24, 2.45) is 5.92 Å². The van der Waals surface area contributed by atoms with E-state index in [9.17, 15) is 9.18 Å². The molecule has 1 saturated carbocycles. The number of likely N-dealkylation sites (N-methyl/N-ethyl adjacent to an activating group) is 1. The van der Waals surface area contributed by atoms with Gasteiger partial charge in [-0.25, -0.2) is 19.3 Å². The molecule has 1 amide bonds. The quantitative estimate of drug-likeness (QED) is 0.648. The summed E-state index contributed by atoms with van der Waals surface area (Å²) in [7, 11) is 2.00. The molecule has 5 rings (SSSR count). The van der Waals surface area contributed by atoms with E-state index in [1.54, 1.807) is 43.0 Å². The molecule has 2 aromatic heterocycles. The third-order valence-electron chi connectivity index (χ3n) is 6.37. The van der Waals surface area contributed by atoms with Gasteiger partial charge in [0.15, 0.2) is 5.82 Å². The first-order valence-electron chi connectivity index (χ1n) is 10.4.